The molecule has 0 spiro atoms. The summed E-state index contributed by atoms with van der Waals surface area (Å²) in [5, 5.41) is 13.7. The van der Waals surface area contributed by atoms with E-state index in [4.69, 9.17) is 0 Å². The van der Waals surface area contributed by atoms with E-state index in [0.717, 1.165) is 50.2 Å². The summed E-state index contributed by atoms with van der Waals surface area (Å²) >= 11 is 0. The Morgan fingerprint density at radius 1 is 1.43 bits per heavy atom. The lowest BCUT2D eigenvalue weighted by Gasteiger charge is -2.38. The van der Waals surface area contributed by atoms with Gasteiger partial charge in [0.1, 0.15) is 0 Å². The average molecular weight is 291 g/mol. The van der Waals surface area contributed by atoms with Gasteiger partial charge in [-0.05, 0) is 51.3 Å². The normalized spacial score (nSPS) is 24.1. The van der Waals surface area contributed by atoms with Crippen LogP contribution >= 0.6 is 0 Å². The highest BCUT2D eigenvalue weighted by atomic mass is 16.3. The molecule has 0 aliphatic carbocycles. The van der Waals surface area contributed by atoms with E-state index in [2.05, 4.69) is 41.2 Å². The molecule has 2 N–H and O–H groups in total. The van der Waals surface area contributed by atoms with Crippen LogP contribution in [0.25, 0.3) is 0 Å². The minimum atomic E-state index is -0.578. The standard InChI is InChI=1S/C17H29N3O/c1-4-10-18-15(5-2)16-8-7-14(12-19-16)20-11-6-9-17(3,21)13-20/h7-8,12,15,18,21H,4-6,9-11,13H2,1-3H3. The molecular weight excluding hydrogens is 262 g/mol. The van der Waals surface area contributed by atoms with E-state index in [1.165, 1.54) is 0 Å². The van der Waals surface area contributed by atoms with Gasteiger partial charge in [0, 0.05) is 19.1 Å². The highest BCUT2D eigenvalue weighted by Gasteiger charge is 2.28. The van der Waals surface area contributed by atoms with E-state index >= 15 is 0 Å². The van der Waals surface area contributed by atoms with Crippen LogP contribution in [0.4, 0.5) is 5.69 Å². The smallest absolute Gasteiger partial charge is 0.0794 e. The largest absolute Gasteiger partial charge is 0.388 e. The molecule has 2 atom stereocenters. The van der Waals surface area contributed by atoms with Crippen molar-refractivity contribution in [2.75, 3.05) is 24.5 Å². The van der Waals surface area contributed by atoms with Gasteiger partial charge in [0.25, 0.3) is 0 Å². The van der Waals surface area contributed by atoms with Gasteiger partial charge in [-0.3, -0.25) is 4.98 Å². The zero-order valence-corrected chi connectivity index (χ0v) is 13.6. The zero-order valence-electron chi connectivity index (χ0n) is 13.6. The van der Waals surface area contributed by atoms with Crippen molar-refractivity contribution in [3.05, 3.63) is 24.0 Å². The summed E-state index contributed by atoms with van der Waals surface area (Å²) in [7, 11) is 0. The molecule has 2 rings (SSSR count). The first-order chi connectivity index (χ1) is 10.1. The highest BCUT2D eigenvalue weighted by molar-refractivity contribution is 5.45. The second-order valence-corrected chi connectivity index (χ2v) is 6.38. The lowest BCUT2D eigenvalue weighted by molar-refractivity contribution is 0.0449. The van der Waals surface area contributed by atoms with Gasteiger partial charge in [0.05, 0.1) is 23.2 Å². The van der Waals surface area contributed by atoms with Crippen molar-refractivity contribution in [3.8, 4) is 0 Å². The average Bonchev–Trinajstić information content (AvgIpc) is 2.47. The summed E-state index contributed by atoms with van der Waals surface area (Å²) in [5.41, 5.74) is 1.65. The number of aromatic nitrogens is 1. The van der Waals surface area contributed by atoms with E-state index in [9.17, 15) is 5.11 Å². The number of hydrogen-bond acceptors (Lipinski definition) is 4. The molecular formula is C17H29N3O. The summed E-state index contributed by atoms with van der Waals surface area (Å²) in [6, 6.07) is 4.60. The number of aliphatic hydroxyl groups is 1. The molecule has 4 nitrogen and oxygen atoms in total. The Morgan fingerprint density at radius 3 is 2.81 bits per heavy atom. The van der Waals surface area contributed by atoms with E-state index in [1.807, 2.05) is 13.1 Å². The Bertz CT molecular complexity index is 430. The molecule has 4 heteroatoms. The quantitative estimate of drug-likeness (QED) is 0.846. The third-order valence-corrected chi connectivity index (χ3v) is 4.22. The second-order valence-electron chi connectivity index (χ2n) is 6.38. The number of pyridine rings is 1. The second kappa shape index (κ2) is 7.23. The predicted molar refractivity (Wildman–Crippen MR) is 87.6 cm³/mol. The summed E-state index contributed by atoms with van der Waals surface area (Å²) in [6.45, 7) is 9.00. The number of nitrogens with one attached hydrogen (secondary N) is 1. The Kier molecular flexibility index (Phi) is 5.59. The van der Waals surface area contributed by atoms with Crippen LogP contribution in [0.1, 0.15) is 58.2 Å². The Balaban J connectivity index is 2.04. The van der Waals surface area contributed by atoms with Gasteiger partial charge in [-0.15, -0.1) is 0 Å². The molecule has 1 aliphatic rings. The number of piperidine rings is 1. The molecule has 0 saturated carbocycles. The molecule has 118 valence electrons. The predicted octanol–water partition coefficient (Wildman–Crippen LogP) is 2.88. The van der Waals surface area contributed by atoms with Gasteiger partial charge >= 0.3 is 0 Å². The van der Waals surface area contributed by atoms with Gasteiger partial charge in [0.15, 0.2) is 0 Å². The lowest BCUT2D eigenvalue weighted by atomic mass is 9.95. The fraction of sp³-hybridized carbons (Fsp3) is 0.706. The van der Waals surface area contributed by atoms with Gasteiger partial charge < -0.3 is 15.3 Å². The number of anilines is 1. The summed E-state index contributed by atoms with van der Waals surface area (Å²) in [5.74, 6) is 0. The van der Waals surface area contributed by atoms with Gasteiger partial charge in [-0.25, -0.2) is 0 Å². The van der Waals surface area contributed by atoms with Crippen LogP contribution in [-0.4, -0.2) is 35.3 Å². The lowest BCUT2D eigenvalue weighted by Crippen LogP contribution is -2.46. The molecule has 1 aliphatic heterocycles. The minimum absolute atomic E-state index is 0.337. The third-order valence-electron chi connectivity index (χ3n) is 4.22. The highest BCUT2D eigenvalue weighted by Crippen LogP contribution is 2.26. The molecule has 0 bridgehead atoms. The van der Waals surface area contributed by atoms with Crippen molar-refractivity contribution in [3.63, 3.8) is 0 Å². The monoisotopic (exact) mass is 291 g/mol. The van der Waals surface area contributed by atoms with Gasteiger partial charge in [0.2, 0.25) is 0 Å². The third kappa shape index (κ3) is 4.42. The fourth-order valence-electron chi connectivity index (χ4n) is 3.01. The maximum absolute atomic E-state index is 10.2. The first-order valence-corrected chi connectivity index (χ1v) is 8.22. The van der Waals surface area contributed by atoms with E-state index < -0.39 is 5.60 Å². The van der Waals surface area contributed by atoms with Crippen molar-refractivity contribution >= 4 is 5.69 Å². The molecule has 1 aromatic rings. The molecule has 0 aromatic carbocycles. The summed E-state index contributed by atoms with van der Waals surface area (Å²) < 4.78 is 0. The molecule has 21 heavy (non-hydrogen) atoms. The molecule has 1 fully saturated rings. The first-order valence-electron chi connectivity index (χ1n) is 8.22. The fourth-order valence-corrected chi connectivity index (χ4v) is 3.01. The molecule has 0 radical (unpaired) electrons. The summed E-state index contributed by atoms with van der Waals surface area (Å²) in [4.78, 5) is 6.88. The van der Waals surface area contributed by atoms with Crippen LogP contribution in [0.5, 0.6) is 0 Å². The number of rotatable bonds is 6. The summed E-state index contributed by atoms with van der Waals surface area (Å²) in [6.07, 6.45) is 6.05. The van der Waals surface area contributed by atoms with Crippen molar-refractivity contribution < 1.29 is 5.11 Å². The maximum Gasteiger partial charge on any atom is 0.0794 e. The van der Waals surface area contributed by atoms with Crippen LogP contribution in [0, 0.1) is 0 Å². The first kappa shape index (κ1) is 16.2. The SMILES string of the molecule is CCCNC(CC)c1ccc(N2CCCC(C)(O)C2)cn1. The van der Waals surface area contributed by atoms with Crippen molar-refractivity contribution in [2.24, 2.45) is 0 Å². The zero-order chi connectivity index (χ0) is 15.3. The van der Waals surface area contributed by atoms with Crippen molar-refractivity contribution in [2.45, 2.75) is 58.1 Å². The Morgan fingerprint density at radius 2 is 2.24 bits per heavy atom. The van der Waals surface area contributed by atoms with Crippen LogP contribution < -0.4 is 10.2 Å². The molecule has 2 heterocycles. The van der Waals surface area contributed by atoms with Gasteiger partial charge in [-0.1, -0.05) is 13.8 Å². The Hall–Kier alpha value is -1.13. The van der Waals surface area contributed by atoms with Crippen molar-refractivity contribution in [1.82, 2.24) is 10.3 Å². The van der Waals surface area contributed by atoms with Crippen LogP contribution in [0.15, 0.2) is 18.3 Å². The maximum atomic E-state index is 10.2. The minimum Gasteiger partial charge on any atom is -0.388 e. The molecule has 1 aromatic heterocycles. The van der Waals surface area contributed by atoms with Gasteiger partial charge in [-0.2, -0.15) is 0 Å². The number of hydrogen-bond donors (Lipinski definition) is 2. The van der Waals surface area contributed by atoms with E-state index in [-0.39, 0.29) is 0 Å². The van der Waals surface area contributed by atoms with Crippen LogP contribution in [-0.2, 0) is 0 Å². The molecule has 1 saturated heterocycles. The topological polar surface area (TPSA) is 48.4 Å². The van der Waals surface area contributed by atoms with E-state index in [0.29, 0.717) is 12.6 Å². The van der Waals surface area contributed by atoms with E-state index in [1.54, 1.807) is 0 Å². The number of nitrogens with zero attached hydrogens (tertiary/aromatic N) is 2. The van der Waals surface area contributed by atoms with Crippen molar-refractivity contribution in [1.29, 1.82) is 0 Å². The van der Waals surface area contributed by atoms with Crippen LogP contribution in [0.3, 0.4) is 0 Å². The molecule has 2 unspecified atom stereocenters. The number of β-amino-alcohol motifs (C(OH)–C–C–N with tert-alkyl or cyclic N) is 1. The van der Waals surface area contributed by atoms with Crippen LogP contribution in [0.2, 0.25) is 0 Å². The Labute approximate surface area is 128 Å². The molecule has 0 amide bonds.